The first-order chi connectivity index (χ1) is 24.8. The number of ketones is 3. The van der Waals surface area contributed by atoms with Crippen LogP contribution in [0.5, 0.6) is 0 Å². The molecule has 2 aliphatic carbocycles. The molecule has 3 fully saturated rings. The maximum absolute atomic E-state index is 12.7. The Balaban J connectivity index is 0.000000744. The van der Waals surface area contributed by atoms with E-state index in [0.29, 0.717) is 31.0 Å². The van der Waals surface area contributed by atoms with Gasteiger partial charge in [0.1, 0.15) is 0 Å². The highest BCUT2D eigenvalue weighted by atomic mass is 16.5. The summed E-state index contributed by atoms with van der Waals surface area (Å²) in [6.45, 7) is 35.6. The number of hydrogen-bond acceptors (Lipinski definition) is 8. The van der Waals surface area contributed by atoms with Crippen LogP contribution in [0.4, 0.5) is 0 Å². The van der Waals surface area contributed by atoms with Crippen molar-refractivity contribution < 1.29 is 19.1 Å². The highest BCUT2D eigenvalue weighted by Crippen LogP contribution is 2.65. The summed E-state index contributed by atoms with van der Waals surface area (Å²) in [5, 5.41) is 7.48. The molecule has 1 heterocycles. The predicted octanol–water partition coefficient (Wildman–Crippen LogP) is 8.85. The summed E-state index contributed by atoms with van der Waals surface area (Å²) < 4.78 is 6.25. The van der Waals surface area contributed by atoms with Crippen LogP contribution in [0.1, 0.15) is 134 Å². The second-order valence-corrected chi connectivity index (χ2v) is 17.2. The van der Waals surface area contributed by atoms with Crippen LogP contribution < -0.4 is 16.4 Å². The molecule has 302 valence electrons. The Morgan fingerprint density at radius 1 is 1.00 bits per heavy atom. The summed E-state index contributed by atoms with van der Waals surface area (Å²) in [6, 6.07) is 10.3. The van der Waals surface area contributed by atoms with E-state index < -0.39 is 0 Å². The molecule has 0 aromatic heterocycles. The summed E-state index contributed by atoms with van der Waals surface area (Å²) in [4.78, 5) is 37.1. The lowest BCUT2D eigenvalue weighted by Crippen LogP contribution is -2.56. The van der Waals surface area contributed by atoms with E-state index in [1.54, 1.807) is 6.92 Å². The average molecular weight is 739 g/mol. The van der Waals surface area contributed by atoms with Crippen LogP contribution in [0.15, 0.2) is 55.0 Å². The molecule has 0 bridgehead atoms. The minimum Gasteiger partial charge on any atom is -0.374 e. The van der Waals surface area contributed by atoms with Gasteiger partial charge in [-0.1, -0.05) is 132 Å². The Kier molecular flexibility index (Phi) is 19.8. The van der Waals surface area contributed by atoms with Crippen molar-refractivity contribution in [1.82, 2.24) is 15.5 Å². The molecule has 0 spiro atoms. The summed E-state index contributed by atoms with van der Waals surface area (Å²) in [7, 11) is 1.50. The second kappa shape index (κ2) is 21.8. The predicted molar refractivity (Wildman–Crippen MR) is 222 cm³/mol. The average Bonchev–Trinajstić information content (AvgIpc) is 3.41. The molecule has 1 aromatic carbocycles. The van der Waals surface area contributed by atoms with Gasteiger partial charge in [0.25, 0.3) is 0 Å². The molecule has 5 atom stereocenters. The number of nitrogens with one attached hydrogen (secondary N) is 2. The Morgan fingerprint density at radius 2 is 1.57 bits per heavy atom. The fourth-order valence-corrected chi connectivity index (χ4v) is 8.33. The molecule has 53 heavy (non-hydrogen) atoms. The third-order valence-electron chi connectivity index (χ3n) is 11.2. The highest BCUT2D eigenvalue weighted by Gasteiger charge is 2.68. The number of carbonyl (C=O) groups is 3. The first-order valence-electron chi connectivity index (χ1n) is 20.3. The van der Waals surface area contributed by atoms with Gasteiger partial charge in [-0.25, -0.2) is 0 Å². The van der Waals surface area contributed by atoms with Crippen molar-refractivity contribution in [1.29, 1.82) is 0 Å². The van der Waals surface area contributed by atoms with Crippen molar-refractivity contribution in [3.63, 3.8) is 0 Å². The van der Waals surface area contributed by atoms with Crippen LogP contribution in [0.2, 0.25) is 0 Å². The van der Waals surface area contributed by atoms with Gasteiger partial charge in [0, 0.05) is 25.1 Å². The van der Waals surface area contributed by atoms with Crippen molar-refractivity contribution in [2.45, 2.75) is 152 Å². The number of rotatable bonds is 16. The Morgan fingerprint density at radius 3 is 2.04 bits per heavy atom. The first kappa shape index (κ1) is 48.0. The number of nitrogens with two attached hydrogens (primary N) is 1. The number of benzene rings is 1. The fraction of sp³-hybridized carbons (Fsp3) is 0.711. The van der Waals surface area contributed by atoms with Crippen molar-refractivity contribution >= 4 is 17.3 Å². The van der Waals surface area contributed by atoms with Crippen LogP contribution in [-0.2, 0) is 25.7 Å². The Labute approximate surface area is 324 Å². The van der Waals surface area contributed by atoms with E-state index in [4.69, 9.17) is 4.74 Å². The Hall–Kier alpha value is -2.97. The molecule has 8 heteroatoms. The molecule has 4 N–H and O–H groups in total. The minimum absolute atomic E-state index is 0.0409. The zero-order valence-corrected chi connectivity index (χ0v) is 36.0. The van der Waals surface area contributed by atoms with Crippen molar-refractivity contribution in [2.75, 3.05) is 20.2 Å². The maximum atomic E-state index is 12.7. The van der Waals surface area contributed by atoms with Gasteiger partial charge < -0.3 is 26.0 Å². The normalized spacial score (nSPS) is 21.8. The monoisotopic (exact) mass is 739 g/mol. The maximum Gasteiger partial charge on any atom is 0.201 e. The van der Waals surface area contributed by atoms with Crippen LogP contribution in [0.25, 0.3) is 0 Å². The van der Waals surface area contributed by atoms with Crippen LogP contribution in [-0.4, -0.2) is 60.1 Å². The number of Topliss-reactive ketones (excluding diaryl/α,β-unsaturated/α-hetero) is 3. The van der Waals surface area contributed by atoms with E-state index in [2.05, 4.69) is 107 Å². The van der Waals surface area contributed by atoms with E-state index in [9.17, 15) is 14.4 Å². The molecular weight excluding hydrogens is 661 g/mol. The van der Waals surface area contributed by atoms with Gasteiger partial charge in [-0.15, -0.1) is 0 Å². The van der Waals surface area contributed by atoms with E-state index in [1.165, 1.54) is 38.8 Å². The van der Waals surface area contributed by atoms with Gasteiger partial charge in [-0.05, 0) is 73.8 Å². The zero-order chi connectivity index (χ0) is 40.7. The molecule has 3 unspecified atom stereocenters. The number of ether oxygens (including phenoxy) is 1. The minimum atomic E-state index is -0.303. The number of fused-ring (bicyclic) bond motifs is 1. The summed E-state index contributed by atoms with van der Waals surface area (Å²) >= 11 is 0. The fourth-order valence-electron chi connectivity index (χ4n) is 8.33. The number of piperidine rings is 1. The molecule has 0 radical (unpaired) electrons. The molecule has 3 aliphatic rings. The quantitative estimate of drug-likeness (QED) is 0.144. The molecule has 1 saturated heterocycles. The van der Waals surface area contributed by atoms with E-state index in [-0.39, 0.29) is 51.7 Å². The molecule has 8 nitrogen and oxygen atoms in total. The lowest BCUT2D eigenvalue weighted by Gasteiger charge is -2.44. The number of carbonyl (C=O) groups excluding carboxylic acids is 3. The standard InChI is InChI=1S/C32H49N3O2.C10H18O2.C2H6.CH5N/c1-22(35-19-26-27(31(26,7)8)28(35)23(2)36)29(30(4,5)6)33-24(3)34-32(17-13-10-14-18-32)21-37-20-25-15-11-9-12-16-25;1-5-9(6-7(2)3)10(12)8(4)11;2*1-2/h9,11-12,15-16,26-29,33-34H,1,3,10,13-14,17-21H2,2,4-8H3;7,9H,5-6H2,1-4H3;1-2H3;2H2,1H3/t26-,27-,28?,29?;;;/m0.../s1. The summed E-state index contributed by atoms with van der Waals surface area (Å²) in [5.74, 6) is 1.98. The van der Waals surface area contributed by atoms with Gasteiger partial charge in [0.15, 0.2) is 11.6 Å². The molecular formula is C45H78N4O4. The third kappa shape index (κ3) is 13.7. The van der Waals surface area contributed by atoms with Gasteiger partial charge in [-0.3, -0.25) is 14.4 Å². The van der Waals surface area contributed by atoms with E-state index in [0.717, 1.165) is 43.7 Å². The summed E-state index contributed by atoms with van der Waals surface area (Å²) in [6.07, 6.45) is 7.39. The first-order valence-corrected chi connectivity index (χ1v) is 20.3. The lowest BCUT2D eigenvalue weighted by molar-refractivity contribution is -0.138. The molecule has 0 amide bonds. The smallest absolute Gasteiger partial charge is 0.201 e. The Bertz CT molecular complexity index is 1310. The van der Waals surface area contributed by atoms with Gasteiger partial charge >= 0.3 is 0 Å². The number of nitrogens with zero attached hydrogens (tertiary/aromatic N) is 1. The van der Waals surface area contributed by atoms with Crippen LogP contribution in [0, 0.1) is 34.5 Å². The van der Waals surface area contributed by atoms with Crippen molar-refractivity contribution in [2.24, 2.45) is 40.2 Å². The second-order valence-electron chi connectivity index (χ2n) is 17.2. The molecule has 1 aliphatic heterocycles. The van der Waals surface area contributed by atoms with Gasteiger partial charge in [0.05, 0.1) is 36.7 Å². The SMILES string of the molecule is C=C(NC(C(=C)N1C[C@H]2[C@@H](C1C(C)=O)C2(C)C)C(C)(C)C)NC1(COCc2ccccc2)CCCCC1.CC.CCC(CC(C)C)C(=O)C(C)=O.CN. The molecule has 1 aromatic rings. The van der Waals surface area contributed by atoms with Gasteiger partial charge in [0.2, 0.25) is 5.78 Å². The zero-order valence-electron chi connectivity index (χ0n) is 36.0. The van der Waals surface area contributed by atoms with Gasteiger partial charge in [-0.2, -0.15) is 0 Å². The number of likely N-dealkylation sites (tertiary alicyclic amines) is 1. The summed E-state index contributed by atoms with van der Waals surface area (Å²) in [5.41, 5.74) is 6.71. The van der Waals surface area contributed by atoms with Crippen LogP contribution >= 0.6 is 0 Å². The molecule has 2 saturated carbocycles. The third-order valence-corrected chi connectivity index (χ3v) is 11.2. The lowest BCUT2D eigenvalue weighted by atomic mass is 9.81. The topological polar surface area (TPSA) is 114 Å². The van der Waals surface area contributed by atoms with Crippen molar-refractivity contribution in [3.05, 3.63) is 60.6 Å². The number of hydrogen-bond donors (Lipinski definition) is 3. The van der Waals surface area contributed by atoms with E-state index >= 15 is 0 Å². The largest absolute Gasteiger partial charge is 0.374 e. The van der Waals surface area contributed by atoms with Crippen molar-refractivity contribution in [3.8, 4) is 0 Å². The highest BCUT2D eigenvalue weighted by molar-refractivity contribution is 6.37. The molecule has 4 rings (SSSR count). The van der Waals surface area contributed by atoms with Crippen LogP contribution in [0.3, 0.4) is 0 Å². The van der Waals surface area contributed by atoms with E-state index in [1.807, 2.05) is 26.8 Å².